The number of rotatable bonds is 7. The second-order valence-corrected chi connectivity index (χ2v) is 10.1. The first-order valence-corrected chi connectivity index (χ1v) is 13.1. The van der Waals surface area contributed by atoms with Crippen molar-refractivity contribution in [1.29, 1.82) is 0 Å². The summed E-state index contributed by atoms with van der Waals surface area (Å²) in [5, 5.41) is 3.72. The number of carbonyl (C=O) groups excluding carboxylic acids is 1. The van der Waals surface area contributed by atoms with E-state index in [4.69, 9.17) is 26.8 Å². The number of ether oxygens (including phenoxy) is 2. The van der Waals surface area contributed by atoms with E-state index in [1.165, 1.54) is 12.4 Å². The number of aromatic nitrogens is 2. The zero-order chi connectivity index (χ0) is 25.9. The van der Waals surface area contributed by atoms with Crippen LogP contribution in [0.1, 0.15) is 44.9 Å². The van der Waals surface area contributed by atoms with Crippen molar-refractivity contribution in [2.75, 3.05) is 19.0 Å². The lowest BCUT2D eigenvalue weighted by atomic mass is 9.88. The first-order chi connectivity index (χ1) is 17.9. The van der Waals surface area contributed by atoms with E-state index in [0.717, 1.165) is 51.5 Å². The number of halogens is 2. The minimum absolute atomic E-state index is 0.00540. The summed E-state index contributed by atoms with van der Waals surface area (Å²) in [6.07, 6.45) is 8.01. The molecule has 1 saturated carbocycles. The van der Waals surface area contributed by atoms with Gasteiger partial charge in [-0.05, 0) is 63.3 Å². The zero-order valence-electron chi connectivity index (χ0n) is 20.8. The van der Waals surface area contributed by atoms with Crippen LogP contribution in [0.4, 0.5) is 15.9 Å². The minimum atomic E-state index is -0.551. The molecular formula is C27H31ClFN5O3. The molecule has 2 aliphatic rings. The van der Waals surface area contributed by atoms with Crippen LogP contribution in [0.2, 0.25) is 5.02 Å². The van der Waals surface area contributed by atoms with Crippen LogP contribution in [0.3, 0.4) is 0 Å². The summed E-state index contributed by atoms with van der Waals surface area (Å²) in [6.45, 7) is 0.922. The fourth-order valence-corrected chi connectivity index (χ4v) is 5.69. The molecule has 0 radical (unpaired) electrons. The summed E-state index contributed by atoms with van der Waals surface area (Å²) in [7, 11) is 1.59. The molecule has 2 heterocycles. The third kappa shape index (κ3) is 5.43. The summed E-state index contributed by atoms with van der Waals surface area (Å²) in [5.74, 6) is 0.812. The van der Waals surface area contributed by atoms with E-state index in [2.05, 4.69) is 20.2 Å². The molecule has 0 bridgehead atoms. The molecule has 0 unspecified atom stereocenters. The molecule has 1 aliphatic carbocycles. The number of piperidine rings is 1. The molecule has 1 saturated heterocycles. The van der Waals surface area contributed by atoms with E-state index in [1.807, 2.05) is 6.07 Å². The zero-order valence-corrected chi connectivity index (χ0v) is 21.5. The molecule has 1 amide bonds. The highest BCUT2D eigenvalue weighted by molar-refractivity contribution is 6.31. The first kappa shape index (κ1) is 25.5. The van der Waals surface area contributed by atoms with Gasteiger partial charge < -0.3 is 20.5 Å². The SMILES string of the molecule is COc1cc2ncnc(Nc3cccc(Cl)c3F)c2cc1OC1CCC(N2CCCC[C@@H]2C(N)=O)CC1. The molecule has 0 spiro atoms. The van der Waals surface area contributed by atoms with E-state index in [0.29, 0.717) is 34.3 Å². The van der Waals surface area contributed by atoms with Gasteiger partial charge in [0.15, 0.2) is 17.3 Å². The molecule has 1 aromatic heterocycles. The first-order valence-electron chi connectivity index (χ1n) is 12.7. The van der Waals surface area contributed by atoms with E-state index in [9.17, 15) is 9.18 Å². The summed E-state index contributed by atoms with van der Waals surface area (Å²) in [6, 6.07) is 8.56. The van der Waals surface area contributed by atoms with Crippen molar-refractivity contribution in [2.45, 2.75) is 63.1 Å². The van der Waals surface area contributed by atoms with Crippen molar-refractivity contribution in [1.82, 2.24) is 14.9 Å². The van der Waals surface area contributed by atoms with Gasteiger partial charge in [-0.1, -0.05) is 24.1 Å². The maximum absolute atomic E-state index is 14.5. The van der Waals surface area contributed by atoms with Crippen LogP contribution in [-0.4, -0.2) is 52.6 Å². The number of likely N-dealkylation sites (tertiary alicyclic amines) is 1. The Hall–Kier alpha value is -3.17. The number of benzene rings is 2. The minimum Gasteiger partial charge on any atom is -0.493 e. The Morgan fingerprint density at radius 2 is 1.95 bits per heavy atom. The number of hydrogen-bond donors (Lipinski definition) is 2. The second-order valence-electron chi connectivity index (χ2n) is 9.67. The van der Waals surface area contributed by atoms with Crippen LogP contribution < -0.4 is 20.5 Å². The summed E-state index contributed by atoms with van der Waals surface area (Å²) in [4.78, 5) is 23.0. The average molecular weight is 528 g/mol. The van der Waals surface area contributed by atoms with Crippen molar-refractivity contribution in [3.8, 4) is 11.5 Å². The molecular weight excluding hydrogens is 497 g/mol. The van der Waals surface area contributed by atoms with Crippen LogP contribution in [-0.2, 0) is 4.79 Å². The van der Waals surface area contributed by atoms with Crippen LogP contribution in [0, 0.1) is 5.82 Å². The van der Waals surface area contributed by atoms with Crippen molar-refractivity contribution >= 4 is 39.9 Å². The summed E-state index contributed by atoms with van der Waals surface area (Å²) >= 11 is 5.94. The standard InChI is InChI=1S/C27H31ClFN5O3/c1-36-23-14-21-18(27(32-15-31-21)33-20-6-4-5-19(28)25(20)29)13-24(23)37-17-10-8-16(9-11-17)34-12-3-2-7-22(34)26(30)35/h4-6,13-17,22H,2-3,7-12H2,1H3,(H2,30,35)(H,31,32,33)/t16?,17?,22-/m1/s1. The maximum atomic E-state index is 14.5. The Morgan fingerprint density at radius 3 is 2.70 bits per heavy atom. The molecule has 10 heteroatoms. The summed E-state index contributed by atoms with van der Waals surface area (Å²) in [5.41, 5.74) is 6.54. The normalized spacial score (nSPS) is 22.5. The molecule has 2 fully saturated rings. The Balaban J connectivity index is 1.34. The van der Waals surface area contributed by atoms with Crippen molar-refractivity contribution in [3.63, 3.8) is 0 Å². The number of carbonyl (C=O) groups is 1. The van der Waals surface area contributed by atoms with Crippen molar-refractivity contribution < 1.29 is 18.7 Å². The van der Waals surface area contributed by atoms with Gasteiger partial charge in [-0.2, -0.15) is 0 Å². The number of nitrogens with one attached hydrogen (secondary N) is 1. The van der Waals surface area contributed by atoms with Gasteiger partial charge in [-0.15, -0.1) is 0 Å². The Kier molecular flexibility index (Phi) is 7.62. The van der Waals surface area contributed by atoms with Gasteiger partial charge in [0.05, 0.1) is 35.5 Å². The predicted molar refractivity (Wildman–Crippen MR) is 141 cm³/mol. The average Bonchev–Trinajstić information content (AvgIpc) is 2.91. The third-order valence-corrected chi connectivity index (χ3v) is 7.70. The van der Waals surface area contributed by atoms with Gasteiger partial charge in [0.25, 0.3) is 0 Å². The van der Waals surface area contributed by atoms with Gasteiger partial charge in [0, 0.05) is 17.5 Å². The van der Waals surface area contributed by atoms with Gasteiger partial charge in [0.2, 0.25) is 5.91 Å². The number of amides is 1. The second kappa shape index (κ2) is 11.1. The number of anilines is 2. The number of nitrogens with two attached hydrogens (primary N) is 1. The van der Waals surface area contributed by atoms with Crippen molar-refractivity contribution in [2.24, 2.45) is 5.73 Å². The molecule has 3 N–H and O–H groups in total. The van der Waals surface area contributed by atoms with Crippen LogP contribution in [0.25, 0.3) is 10.9 Å². The molecule has 5 rings (SSSR count). The number of hydrogen-bond acceptors (Lipinski definition) is 7. The molecule has 2 aromatic carbocycles. The van der Waals surface area contributed by atoms with E-state index in [-0.39, 0.29) is 28.8 Å². The van der Waals surface area contributed by atoms with E-state index >= 15 is 0 Å². The predicted octanol–water partition coefficient (Wildman–Crippen LogP) is 5.20. The smallest absolute Gasteiger partial charge is 0.234 e. The fraction of sp³-hybridized carbons (Fsp3) is 0.444. The quantitative estimate of drug-likeness (QED) is 0.435. The van der Waals surface area contributed by atoms with E-state index < -0.39 is 5.82 Å². The van der Waals surface area contributed by atoms with Crippen molar-refractivity contribution in [3.05, 3.63) is 47.5 Å². The lowest BCUT2D eigenvalue weighted by Gasteiger charge is -2.42. The highest BCUT2D eigenvalue weighted by Gasteiger charge is 2.35. The maximum Gasteiger partial charge on any atom is 0.234 e. The summed E-state index contributed by atoms with van der Waals surface area (Å²) < 4.78 is 26.5. The Morgan fingerprint density at radius 1 is 1.14 bits per heavy atom. The molecule has 8 nitrogen and oxygen atoms in total. The fourth-order valence-electron chi connectivity index (χ4n) is 5.51. The number of fused-ring (bicyclic) bond motifs is 1. The van der Waals surface area contributed by atoms with Gasteiger partial charge in [0.1, 0.15) is 12.1 Å². The molecule has 37 heavy (non-hydrogen) atoms. The van der Waals surface area contributed by atoms with Gasteiger partial charge >= 0.3 is 0 Å². The largest absolute Gasteiger partial charge is 0.493 e. The molecule has 1 aliphatic heterocycles. The Bertz CT molecular complexity index is 1280. The van der Waals surface area contributed by atoms with E-state index in [1.54, 1.807) is 25.3 Å². The highest BCUT2D eigenvalue weighted by Crippen LogP contribution is 2.38. The molecule has 1 atom stereocenters. The van der Waals surface area contributed by atoms with Gasteiger partial charge in [-0.3, -0.25) is 9.69 Å². The number of nitrogens with zero attached hydrogens (tertiary/aromatic N) is 3. The monoisotopic (exact) mass is 527 g/mol. The Labute approximate surface area is 220 Å². The number of primary amides is 1. The highest BCUT2D eigenvalue weighted by atomic mass is 35.5. The molecule has 196 valence electrons. The molecule has 3 aromatic rings. The van der Waals surface area contributed by atoms with Gasteiger partial charge in [-0.25, -0.2) is 14.4 Å². The lowest BCUT2D eigenvalue weighted by molar-refractivity contribution is -0.126. The third-order valence-electron chi connectivity index (χ3n) is 7.40. The van der Waals surface area contributed by atoms with Crippen LogP contribution in [0.15, 0.2) is 36.7 Å². The lowest BCUT2D eigenvalue weighted by Crippen LogP contribution is -2.53. The van der Waals surface area contributed by atoms with Crippen LogP contribution in [0.5, 0.6) is 11.5 Å². The number of methoxy groups -OCH3 is 1. The van der Waals surface area contributed by atoms with Crippen LogP contribution >= 0.6 is 11.6 Å². The topological polar surface area (TPSA) is 103 Å².